The first-order valence-corrected chi connectivity index (χ1v) is 19.6. The number of amides is 1. The molecule has 5 heterocycles. The number of benzene rings is 2. The number of nitrogens with zero attached hydrogens (tertiary/aromatic N) is 4. The number of pyridine rings is 1. The van der Waals surface area contributed by atoms with Gasteiger partial charge in [0.15, 0.2) is 0 Å². The summed E-state index contributed by atoms with van der Waals surface area (Å²) in [7, 11) is 3.91. The zero-order valence-electron chi connectivity index (χ0n) is 32.7. The second kappa shape index (κ2) is 15.5. The smallest absolute Gasteiger partial charge is 0.324 e. The Morgan fingerprint density at radius 1 is 1.07 bits per heavy atom. The predicted molar refractivity (Wildman–Crippen MR) is 211 cm³/mol. The van der Waals surface area contributed by atoms with E-state index in [-0.39, 0.29) is 36.8 Å². The normalized spacial score (nSPS) is 22.2. The number of nitrogens with one attached hydrogen (secondary N) is 1. The van der Waals surface area contributed by atoms with Gasteiger partial charge in [-0.1, -0.05) is 26.0 Å². The lowest BCUT2D eigenvalue weighted by Gasteiger charge is -2.35. The van der Waals surface area contributed by atoms with Gasteiger partial charge in [-0.05, 0) is 137 Å². The summed E-state index contributed by atoms with van der Waals surface area (Å²) in [5, 5.41) is 13.5. The lowest BCUT2D eigenvalue weighted by Crippen LogP contribution is -2.59. The molecule has 2 fully saturated rings. The molecular formula is C43H56N6O5. The number of ether oxygens (including phenoxy) is 2. The zero-order chi connectivity index (χ0) is 38.3. The number of carbonyl (C=O) groups excluding carboxylic acids is 2. The number of phenols is 1. The standard InChI is InChI=1S/C43H56N6O5/c1-7-48-38-11-10-29-21-33(38)35(40(48)34-22-31(24-45-39(34)26(2)53-6)28-12-15-47(5)16-13-28)23-43(3,4)25-54-42(52)37-9-8-14-49(46-37)41(51)36(44)19-27-17-30(29)20-32(50)18-27/h10-11,17-18,20-22,24,26,28,36-37,46,50H,7-9,12-16,19,23,25,44H2,1-6H3/t26-,36-,37-/m0/s1. The quantitative estimate of drug-likeness (QED) is 0.208. The van der Waals surface area contributed by atoms with E-state index in [4.69, 9.17) is 20.2 Å². The molecule has 2 aromatic heterocycles. The summed E-state index contributed by atoms with van der Waals surface area (Å²) in [6, 6.07) is 12.8. The third kappa shape index (κ3) is 7.64. The van der Waals surface area contributed by atoms with Gasteiger partial charge in [0, 0.05) is 48.3 Å². The fraction of sp³-hybridized carbons (Fsp3) is 0.512. The number of esters is 1. The van der Waals surface area contributed by atoms with Crippen molar-refractivity contribution in [1.82, 2.24) is 24.9 Å². The number of fused-ring (bicyclic) bond motifs is 6. The van der Waals surface area contributed by atoms with Crippen molar-refractivity contribution < 1.29 is 24.2 Å². The fourth-order valence-corrected chi connectivity index (χ4v) is 8.61. The topological polar surface area (TPSA) is 135 Å². The highest BCUT2D eigenvalue weighted by atomic mass is 16.5. The summed E-state index contributed by atoms with van der Waals surface area (Å²) in [6.45, 7) is 12.0. The third-order valence-electron chi connectivity index (χ3n) is 11.7. The van der Waals surface area contributed by atoms with Gasteiger partial charge in [-0.25, -0.2) is 5.43 Å². The first-order chi connectivity index (χ1) is 25.8. The Balaban J connectivity index is 1.43. The van der Waals surface area contributed by atoms with Crippen LogP contribution in [0.4, 0.5) is 0 Å². The number of aromatic nitrogens is 2. The van der Waals surface area contributed by atoms with Crippen LogP contribution in [-0.2, 0) is 38.4 Å². The van der Waals surface area contributed by atoms with Crippen LogP contribution >= 0.6 is 0 Å². The van der Waals surface area contributed by atoms with Gasteiger partial charge in [0.1, 0.15) is 11.8 Å². The summed E-state index contributed by atoms with van der Waals surface area (Å²) >= 11 is 0. The average molecular weight is 737 g/mol. The number of cyclic esters (lactones) is 1. The lowest BCUT2D eigenvalue weighted by atomic mass is 9.83. The van der Waals surface area contributed by atoms with Crippen molar-refractivity contribution >= 4 is 22.8 Å². The lowest BCUT2D eigenvalue weighted by molar-refractivity contribution is -0.154. The summed E-state index contributed by atoms with van der Waals surface area (Å²) in [6.07, 6.45) is 6.04. The Bertz CT molecular complexity index is 2030. The van der Waals surface area contributed by atoms with E-state index in [1.165, 1.54) is 10.6 Å². The van der Waals surface area contributed by atoms with Gasteiger partial charge in [-0.15, -0.1) is 0 Å². The van der Waals surface area contributed by atoms with E-state index >= 15 is 0 Å². The van der Waals surface area contributed by atoms with Gasteiger partial charge in [-0.3, -0.25) is 19.6 Å². The molecule has 4 aromatic rings. The molecule has 0 radical (unpaired) electrons. The van der Waals surface area contributed by atoms with Crippen molar-refractivity contribution in [1.29, 1.82) is 0 Å². The van der Waals surface area contributed by atoms with E-state index in [1.54, 1.807) is 19.2 Å². The Morgan fingerprint density at radius 2 is 1.85 bits per heavy atom. The number of carbonyl (C=O) groups is 2. The minimum absolute atomic E-state index is 0.110. The minimum atomic E-state index is -0.863. The monoisotopic (exact) mass is 736 g/mol. The van der Waals surface area contributed by atoms with E-state index in [0.717, 1.165) is 82.6 Å². The first-order valence-electron chi connectivity index (χ1n) is 19.6. The van der Waals surface area contributed by atoms with Gasteiger partial charge >= 0.3 is 5.97 Å². The molecule has 2 aromatic carbocycles. The highest BCUT2D eigenvalue weighted by Gasteiger charge is 2.34. The predicted octanol–water partition coefficient (Wildman–Crippen LogP) is 6.10. The van der Waals surface area contributed by atoms with Crippen LogP contribution in [0.1, 0.15) is 87.8 Å². The van der Waals surface area contributed by atoms with E-state index in [1.807, 2.05) is 6.07 Å². The molecular weight excluding hydrogens is 681 g/mol. The molecule has 3 aliphatic rings. The second-order valence-electron chi connectivity index (χ2n) is 16.4. The molecule has 6 bridgehead atoms. The van der Waals surface area contributed by atoms with Gasteiger partial charge in [0.25, 0.3) is 5.91 Å². The fourth-order valence-electron chi connectivity index (χ4n) is 8.61. The summed E-state index contributed by atoms with van der Waals surface area (Å²) in [5.41, 5.74) is 18.2. The number of rotatable bonds is 5. The molecule has 0 saturated carbocycles. The number of nitrogens with two attached hydrogens (primary N) is 1. The Hall–Kier alpha value is -4.29. The summed E-state index contributed by atoms with van der Waals surface area (Å²) < 4.78 is 14.4. The van der Waals surface area contributed by atoms with Crippen LogP contribution in [-0.4, -0.2) is 88.9 Å². The summed E-state index contributed by atoms with van der Waals surface area (Å²) in [5.74, 6) is -0.143. The van der Waals surface area contributed by atoms with Crippen molar-refractivity contribution in [2.75, 3.05) is 40.4 Å². The number of methoxy groups -OCH3 is 1. The Labute approximate surface area is 318 Å². The molecule has 0 unspecified atom stereocenters. The van der Waals surface area contributed by atoms with Crippen LogP contribution in [0.5, 0.6) is 5.75 Å². The molecule has 1 amide bonds. The zero-order valence-corrected chi connectivity index (χ0v) is 32.7. The van der Waals surface area contributed by atoms with E-state index in [9.17, 15) is 14.7 Å². The van der Waals surface area contributed by atoms with Gasteiger partial charge in [0.05, 0.1) is 30.1 Å². The third-order valence-corrected chi connectivity index (χ3v) is 11.7. The van der Waals surface area contributed by atoms with E-state index in [2.05, 4.69) is 80.1 Å². The maximum absolute atomic E-state index is 13.6. The maximum Gasteiger partial charge on any atom is 0.324 e. The number of hydrogen-bond donors (Lipinski definition) is 3. The average Bonchev–Trinajstić information content (AvgIpc) is 3.47. The number of piperidine rings is 1. The molecule has 11 heteroatoms. The Morgan fingerprint density at radius 3 is 2.59 bits per heavy atom. The number of hydrazine groups is 1. The molecule has 3 atom stereocenters. The number of aromatic hydroxyl groups is 1. The largest absolute Gasteiger partial charge is 0.508 e. The highest BCUT2D eigenvalue weighted by Crippen LogP contribution is 2.43. The molecule has 0 aliphatic carbocycles. The van der Waals surface area contributed by atoms with Crippen molar-refractivity contribution in [2.45, 2.75) is 96.9 Å². The van der Waals surface area contributed by atoms with E-state index in [0.29, 0.717) is 31.7 Å². The van der Waals surface area contributed by atoms with Gasteiger partial charge in [0.2, 0.25) is 0 Å². The SMILES string of the molecule is CCn1c(-c2cc(C3CCN(C)CC3)cnc2[C@H](C)OC)c2c3cc(ccc31)-c1cc(O)cc(c1)C[C@H](N)C(=O)N1CCC[C@H](N1)C(=O)OCC(C)(C)C2. The van der Waals surface area contributed by atoms with Crippen LogP contribution in [0.3, 0.4) is 0 Å². The minimum Gasteiger partial charge on any atom is -0.508 e. The highest BCUT2D eigenvalue weighted by molar-refractivity contribution is 5.95. The molecule has 7 rings (SSSR count). The van der Waals surface area contributed by atoms with Crippen molar-refractivity contribution in [3.63, 3.8) is 0 Å². The number of aryl methyl sites for hydroxylation is 1. The Kier molecular flexibility index (Phi) is 10.9. The van der Waals surface area contributed by atoms with Crippen LogP contribution in [0.25, 0.3) is 33.3 Å². The van der Waals surface area contributed by atoms with Crippen molar-refractivity contribution in [3.05, 3.63) is 71.0 Å². The molecule has 0 spiro atoms. The van der Waals surface area contributed by atoms with Crippen molar-refractivity contribution in [3.8, 4) is 28.1 Å². The first kappa shape index (κ1) is 38.0. The number of likely N-dealkylation sites (tertiary alicyclic amines) is 1. The molecule has 4 N–H and O–H groups in total. The number of hydrogen-bond acceptors (Lipinski definition) is 9. The van der Waals surface area contributed by atoms with Gasteiger partial charge in [-0.2, -0.15) is 0 Å². The van der Waals surface area contributed by atoms with Crippen LogP contribution in [0, 0.1) is 5.41 Å². The number of phenolic OH excluding ortho intramolecular Hbond substituents is 1. The maximum atomic E-state index is 13.6. The molecule has 11 nitrogen and oxygen atoms in total. The molecule has 3 aliphatic heterocycles. The molecule has 54 heavy (non-hydrogen) atoms. The molecule has 2 saturated heterocycles. The van der Waals surface area contributed by atoms with Crippen LogP contribution in [0.2, 0.25) is 0 Å². The second-order valence-corrected chi connectivity index (χ2v) is 16.4. The van der Waals surface area contributed by atoms with E-state index < -0.39 is 17.5 Å². The van der Waals surface area contributed by atoms with Crippen molar-refractivity contribution in [2.24, 2.45) is 11.1 Å². The van der Waals surface area contributed by atoms with Crippen LogP contribution in [0.15, 0.2) is 48.7 Å². The van der Waals surface area contributed by atoms with Gasteiger partial charge < -0.3 is 29.8 Å². The van der Waals surface area contributed by atoms with Crippen LogP contribution < -0.4 is 11.2 Å². The summed E-state index contributed by atoms with van der Waals surface area (Å²) in [4.78, 5) is 34.6. The molecule has 288 valence electrons.